The van der Waals surface area contributed by atoms with Crippen LogP contribution in [-0.2, 0) is 0 Å². The molecule has 2 fully saturated rings. The number of hydrogen-bond donors (Lipinski definition) is 2. The molecule has 122 valence electrons. The lowest BCUT2D eigenvalue weighted by atomic mass is 9.93. The highest BCUT2D eigenvalue weighted by atomic mass is 15.3. The van der Waals surface area contributed by atoms with Crippen LogP contribution in [0.2, 0.25) is 0 Å². The molecule has 0 radical (unpaired) electrons. The first-order valence-corrected chi connectivity index (χ1v) is 8.72. The highest BCUT2D eigenvalue weighted by Gasteiger charge is 2.37. The number of nitrogens with zero attached hydrogens (tertiary/aromatic N) is 3. The van der Waals surface area contributed by atoms with Crippen LogP contribution in [0.4, 0.5) is 11.6 Å². The molecule has 2 atom stereocenters. The van der Waals surface area contributed by atoms with E-state index < -0.39 is 0 Å². The minimum Gasteiger partial charge on any atom is -0.384 e. The molecule has 2 heterocycles. The Morgan fingerprint density at radius 3 is 2.87 bits per heavy atom. The molecule has 23 heavy (non-hydrogen) atoms. The lowest BCUT2D eigenvalue weighted by molar-refractivity contribution is 0.481. The number of aromatic nitrogens is 2. The average molecular weight is 311 g/mol. The van der Waals surface area contributed by atoms with Crippen LogP contribution in [0, 0.1) is 5.92 Å². The third kappa shape index (κ3) is 2.63. The zero-order valence-electron chi connectivity index (χ0n) is 13.7. The summed E-state index contributed by atoms with van der Waals surface area (Å²) in [4.78, 5) is 11.7. The van der Waals surface area contributed by atoms with E-state index in [9.17, 15) is 0 Å². The molecule has 0 bridgehead atoms. The first kappa shape index (κ1) is 14.7. The molecule has 0 aromatic carbocycles. The molecule has 2 aliphatic carbocycles. The molecule has 2 unspecified atom stereocenters. The van der Waals surface area contributed by atoms with Gasteiger partial charge in [-0.05, 0) is 32.4 Å². The van der Waals surface area contributed by atoms with E-state index in [2.05, 4.69) is 33.4 Å². The number of hydrogen-bond acceptors (Lipinski definition) is 5. The van der Waals surface area contributed by atoms with Gasteiger partial charge in [0.05, 0.1) is 0 Å². The van der Waals surface area contributed by atoms with E-state index in [1.807, 2.05) is 13.1 Å². The quantitative estimate of drug-likeness (QED) is 0.898. The van der Waals surface area contributed by atoms with Crippen molar-refractivity contribution in [3.63, 3.8) is 0 Å². The van der Waals surface area contributed by atoms with Gasteiger partial charge < -0.3 is 16.0 Å². The molecular weight excluding hydrogens is 286 g/mol. The van der Waals surface area contributed by atoms with Gasteiger partial charge in [0.1, 0.15) is 17.5 Å². The maximum absolute atomic E-state index is 6.10. The molecule has 1 aromatic heterocycles. The van der Waals surface area contributed by atoms with E-state index in [0.29, 0.717) is 23.7 Å². The number of anilines is 2. The second kappa shape index (κ2) is 5.96. The number of likely N-dealkylation sites (N-methyl/N-ethyl adjacent to an activating group) is 1. The smallest absolute Gasteiger partial charge is 0.138 e. The third-order valence-corrected chi connectivity index (χ3v) is 5.47. The number of rotatable bonds is 3. The van der Waals surface area contributed by atoms with Crippen molar-refractivity contribution in [2.75, 3.05) is 24.2 Å². The summed E-state index contributed by atoms with van der Waals surface area (Å²) in [5.74, 6) is 3.50. The van der Waals surface area contributed by atoms with Gasteiger partial charge >= 0.3 is 0 Å². The number of nitrogens with one attached hydrogen (secondary N) is 1. The highest BCUT2D eigenvalue weighted by Crippen LogP contribution is 2.38. The number of allylic oxidation sites excluding steroid dienone is 3. The summed E-state index contributed by atoms with van der Waals surface area (Å²) in [5.41, 5.74) is 7.45. The Morgan fingerprint density at radius 2 is 2.09 bits per heavy atom. The van der Waals surface area contributed by atoms with Crippen molar-refractivity contribution >= 4 is 11.6 Å². The Morgan fingerprint density at radius 1 is 1.26 bits per heavy atom. The van der Waals surface area contributed by atoms with Crippen molar-refractivity contribution in [1.82, 2.24) is 15.3 Å². The molecule has 1 aromatic rings. The van der Waals surface area contributed by atoms with Crippen molar-refractivity contribution in [1.29, 1.82) is 0 Å². The van der Waals surface area contributed by atoms with Gasteiger partial charge in [-0.15, -0.1) is 0 Å². The molecule has 3 N–H and O–H groups in total. The molecule has 5 nitrogen and oxygen atoms in total. The highest BCUT2D eigenvalue weighted by molar-refractivity contribution is 5.56. The van der Waals surface area contributed by atoms with E-state index in [1.54, 1.807) is 0 Å². The van der Waals surface area contributed by atoms with Crippen molar-refractivity contribution in [2.45, 2.75) is 44.1 Å². The van der Waals surface area contributed by atoms with E-state index in [4.69, 9.17) is 10.7 Å². The fraction of sp³-hybridized carbons (Fsp3) is 0.556. The predicted octanol–water partition coefficient (Wildman–Crippen LogP) is 2.58. The molecule has 0 amide bonds. The standard InChI is InChI=1S/C18H25N5/c1-20-14-11-23(15-9-5-4-8-13(14)15)17-10-16(19)21-18(22-17)12-6-2-3-7-12/h4-5,9-10,12-14,20H,2-3,6-8,11H2,1H3,(H2,19,21,22). The van der Waals surface area contributed by atoms with Crippen LogP contribution in [0.1, 0.15) is 43.8 Å². The maximum atomic E-state index is 6.10. The van der Waals surface area contributed by atoms with Crippen molar-refractivity contribution in [3.8, 4) is 0 Å². The molecule has 1 saturated heterocycles. The lowest BCUT2D eigenvalue weighted by Crippen LogP contribution is -2.33. The van der Waals surface area contributed by atoms with Gasteiger partial charge in [0.2, 0.25) is 0 Å². The molecule has 0 spiro atoms. The van der Waals surface area contributed by atoms with Gasteiger partial charge in [0, 0.05) is 36.2 Å². The number of nitrogen functional groups attached to an aromatic ring is 1. The van der Waals surface area contributed by atoms with E-state index in [1.165, 1.54) is 31.4 Å². The molecular formula is C18H25N5. The zero-order chi connectivity index (χ0) is 15.8. The van der Waals surface area contributed by atoms with Gasteiger partial charge in [0.15, 0.2) is 0 Å². The van der Waals surface area contributed by atoms with Crippen molar-refractivity contribution < 1.29 is 0 Å². The Bertz CT molecular complexity index is 645. The SMILES string of the molecule is CNC1CN(c2cc(N)nc(C3CCCC3)n2)C2=CC=CCC21. The minimum absolute atomic E-state index is 0.456. The average Bonchev–Trinajstić information content (AvgIpc) is 3.22. The van der Waals surface area contributed by atoms with Crippen LogP contribution in [0.25, 0.3) is 0 Å². The van der Waals surface area contributed by atoms with Crippen LogP contribution >= 0.6 is 0 Å². The summed E-state index contributed by atoms with van der Waals surface area (Å²) in [6.45, 7) is 0.940. The summed E-state index contributed by atoms with van der Waals surface area (Å²) < 4.78 is 0. The second-order valence-corrected chi connectivity index (χ2v) is 6.86. The third-order valence-electron chi connectivity index (χ3n) is 5.47. The van der Waals surface area contributed by atoms with Crippen LogP contribution in [0.15, 0.2) is 30.0 Å². The van der Waals surface area contributed by atoms with E-state index in [-0.39, 0.29) is 0 Å². The Hall–Kier alpha value is -1.88. The number of nitrogens with two attached hydrogens (primary N) is 1. The summed E-state index contributed by atoms with van der Waals surface area (Å²) in [5, 5.41) is 3.46. The molecule has 4 rings (SSSR count). The first-order chi connectivity index (χ1) is 11.3. The summed E-state index contributed by atoms with van der Waals surface area (Å²) >= 11 is 0. The monoisotopic (exact) mass is 311 g/mol. The zero-order valence-corrected chi connectivity index (χ0v) is 13.7. The number of fused-ring (bicyclic) bond motifs is 1. The largest absolute Gasteiger partial charge is 0.384 e. The topological polar surface area (TPSA) is 67.1 Å². The van der Waals surface area contributed by atoms with E-state index in [0.717, 1.165) is 24.6 Å². The normalized spacial score (nSPS) is 27.3. The first-order valence-electron chi connectivity index (χ1n) is 8.72. The lowest BCUT2D eigenvalue weighted by Gasteiger charge is -2.23. The predicted molar refractivity (Wildman–Crippen MR) is 93.2 cm³/mol. The second-order valence-electron chi connectivity index (χ2n) is 6.86. The van der Waals surface area contributed by atoms with Gasteiger partial charge in [-0.25, -0.2) is 9.97 Å². The Kier molecular flexibility index (Phi) is 3.81. The van der Waals surface area contributed by atoms with Crippen LogP contribution in [0.3, 0.4) is 0 Å². The molecule has 1 saturated carbocycles. The van der Waals surface area contributed by atoms with Crippen LogP contribution < -0.4 is 16.0 Å². The van der Waals surface area contributed by atoms with Gasteiger partial charge in [-0.1, -0.05) is 25.0 Å². The maximum Gasteiger partial charge on any atom is 0.138 e. The summed E-state index contributed by atoms with van der Waals surface area (Å²) in [6.07, 6.45) is 12.7. The summed E-state index contributed by atoms with van der Waals surface area (Å²) in [7, 11) is 2.04. The van der Waals surface area contributed by atoms with Gasteiger partial charge in [0.25, 0.3) is 0 Å². The van der Waals surface area contributed by atoms with Gasteiger partial charge in [-0.2, -0.15) is 0 Å². The molecule has 5 heteroatoms. The Labute approximate surface area is 137 Å². The van der Waals surface area contributed by atoms with Crippen molar-refractivity contribution in [2.24, 2.45) is 5.92 Å². The minimum atomic E-state index is 0.456. The van der Waals surface area contributed by atoms with Gasteiger partial charge in [-0.3, -0.25) is 0 Å². The fourth-order valence-electron chi connectivity index (χ4n) is 4.22. The van der Waals surface area contributed by atoms with Crippen molar-refractivity contribution in [3.05, 3.63) is 35.8 Å². The van der Waals surface area contributed by atoms with Crippen LogP contribution in [0.5, 0.6) is 0 Å². The summed E-state index contributed by atoms with van der Waals surface area (Å²) in [6, 6.07) is 2.38. The van der Waals surface area contributed by atoms with Crippen LogP contribution in [-0.4, -0.2) is 29.6 Å². The Balaban J connectivity index is 1.69. The fourth-order valence-corrected chi connectivity index (χ4v) is 4.22. The van der Waals surface area contributed by atoms with E-state index >= 15 is 0 Å². The molecule has 3 aliphatic rings. The molecule has 1 aliphatic heterocycles.